The monoisotopic (exact) mass is 266 g/mol. The summed E-state index contributed by atoms with van der Waals surface area (Å²) in [6, 6.07) is 9.45. The molecule has 1 heterocycles. The van der Waals surface area contributed by atoms with Crippen molar-refractivity contribution in [3.63, 3.8) is 0 Å². The molecule has 0 saturated carbocycles. The number of halogens is 1. The van der Waals surface area contributed by atoms with Crippen LogP contribution in [0.4, 0.5) is 5.69 Å². The van der Waals surface area contributed by atoms with Gasteiger partial charge in [-0.15, -0.1) is 0 Å². The molecule has 1 aromatic rings. The predicted molar refractivity (Wildman–Crippen MR) is 64.4 cm³/mol. The Balaban J connectivity index is 2.33. The maximum absolute atomic E-state index is 11.8. The van der Waals surface area contributed by atoms with Gasteiger partial charge in [0.15, 0.2) is 0 Å². The number of rotatable bonds is 2. The minimum absolute atomic E-state index is 0.0157. The molecule has 0 fully saturated rings. The van der Waals surface area contributed by atoms with Crippen LogP contribution < -0.4 is 5.01 Å². The van der Waals surface area contributed by atoms with Crippen molar-refractivity contribution in [2.45, 2.75) is 18.2 Å². The van der Waals surface area contributed by atoms with E-state index >= 15 is 0 Å². The third-order valence-electron chi connectivity index (χ3n) is 2.31. The number of hydrogen-bond acceptors (Lipinski definition) is 2. The normalized spacial score (nSPS) is 20.7. The fourth-order valence-electron chi connectivity index (χ4n) is 1.48. The minimum atomic E-state index is -0.261. The van der Waals surface area contributed by atoms with Crippen molar-refractivity contribution < 1.29 is 4.79 Å². The van der Waals surface area contributed by atoms with E-state index in [9.17, 15) is 4.79 Å². The molecular weight excluding hydrogens is 256 g/mol. The van der Waals surface area contributed by atoms with E-state index in [4.69, 9.17) is 0 Å². The van der Waals surface area contributed by atoms with Gasteiger partial charge in [0.1, 0.15) is 4.83 Å². The van der Waals surface area contributed by atoms with Crippen molar-refractivity contribution in [1.29, 1.82) is 0 Å². The van der Waals surface area contributed by atoms with Gasteiger partial charge in [0.25, 0.3) is 5.91 Å². The molecule has 0 spiro atoms. The second-order valence-electron chi connectivity index (χ2n) is 3.29. The summed E-state index contributed by atoms with van der Waals surface area (Å²) in [5.74, 6) is -0.0157. The van der Waals surface area contributed by atoms with E-state index in [2.05, 4.69) is 21.0 Å². The van der Waals surface area contributed by atoms with Crippen molar-refractivity contribution in [3.8, 4) is 0 Å². The summed E-state index contributed by atoms with van der Waals surface area (Å²) in [4.78, 5) is 11.6. The van der Waals surface area contributed by atoms with Crippen molar-refractivity contribution in [2.24, 2.45) is 5.10 Å². The van der Waals surface area contributed by atoms with Gasteiger partial charge in [0.05, 0.1) is 11.4 Å². The quantitative estimate of drug-likeness (QED) is 0.758. The minimum Gasteiger partial charge on any atom is -0.271 e. The lowest BCUT2D eigenvalue weighted by Gasteiger charge is -2.11. The number of hydrogen-bond donors (Lipinski definition) is 0. The zero-order chi connectivity index (χ0) is 10.8. The fraction of sp³-hybridized carbons (Fsp3) is 0.273. The number of nitrogens with zero attached hydrogens (tertiary/aromatic N) is 2. The van der Waals surface area contributed by atoms with E-state index < -0.39 is 0 Å². The number of carbonyl (C=O) groups excluding carboxylic acids is 1. The first-order valence-electron chi connectivity index (χ1n) is 4.84. The van der Waals surface area contributed by atoms with Crippen LogP contribution in [-0.2, 0) is 4.79 Å². The summed E-state index contributed by atoms with van der Waals surface area (Å²) in [7, 11) is 0. The molecule has 0 saturated heterocycles. The molecule has 0 radical (unpaired) electrons. The molecule has 3 nitrogen and oxygen atoms in total. The smallest absolute Gasteiger partial charge is 0.267 e. The van der Waals surface area contributed by atoms with E-state index in [0.717, 1.165) is 17.8 Å². The van der Waals surface area contributed by atoms with Gasteiger partial charge in [-0.1, -0.05) is 41.1 Å². The highest BCUT2D eigenvalue weighted by Gasteiger charge is 2.33. The molecule has 1 atom stereocenters. The standard InChI is InChI=1S/C11H11BrN2O/c1-2-9-10(12)11(15)14(13-9)8-6-4-3-5-7-8/h3-7,10H,2H2,1H3/t10-/m0/s1. The molecule has 15 heavy (non-hydrogen) atoms. The topological polar surface area (TPSA) is 32.7 Å². The second kappa shape index (κ2) is 4.14. The average Bonchev–Trinajstić information content (AvgIpc) is 2.57. The molecule has 2 rings (SSSR count). The van der Waals surface area contributed by atoms with Gasteiger partial charge in [-0.2, -0.15) is 10.1 Å². The predicted octanol–water partition coefficient (Wildman–Crippen LogP) is 2.56. The van der Waals surface area contributed by atoms with Crippen LogP contribution >= 0.6 is 15.9 Å². The second-order valence-corrected chi connectivity index (χ2v) is 4.21. The van der Waals surface area contributed by atoms with Gasteiger partial charge in [-0.3, -0.25) is 4.79 Å². The number of carbonyl (C=O) groups is 1. The van der Waals surface area contributed by atoms with Crippen molar-refractivity contribution in [1.82, 2.24) is 0 Å². The van der Waals surface area contributed by atoms with E-state index in [1.165, 1.54) is 5.01 Å². The van der Waals surface area contributed by atoms with E-state index in [1.54, 1.807) is 0 Å². The SMILES string of the molecule is CCC1=NN(c2ccccc2)C(=O)[C@H]1Br. The van der Waals surface area contributed by atoms with Gasteiger partial charge >= 0.3 is 0 Å². The number of amides is 1. The number of benzene rings is 1. The fourth-order valence-corrected chi connectivity index (χ4v) is 2.09. The van der Waals surface area contributed by atoms with Gasteiger partial charge in [-0.25, -0.2) is 0 Å². The Bertz CT molecular complexity index is 402. The lowest BCUT2D eigenvalue weighted by Crippen LogP contribution is -2.27. The van der Waals surface area contributed by atoms with Gasteiger partial charge in [0, 0.05) is 0 Å². The average molecular weight is 267 g/mol. The van der Waals surface area contributed by atoms with E-state index in [1.807, 2.05) is 37.3 Å². The summed E-state index contributed by atoms with van der Waals surface area (Å²) in [6.45, 7) is 1.99. The first kappa shape index (κ1) is 10.4. The highest BCUT2D eigenvalue weighted by Crippen LogP contribution is 2.24. The molecule has 1 amide bonds. The van der Waals surface area contributed by atoms with E-state index in [-0.39, 0.29) is 10.7 Å². The Morgan fingerprint density at radius 1 is 1.40 bits per heavy atom. The lowest BCUT2D eigenvalue weighted by atomic mass is 10.2. The zero-order valence-corrected chi connectivity index (χ0v) is 9.94. The maximum Gasteiger partial charge on any atom is 0.267 e. The van der Waals surface area contributed by atoms with Crippen LogP contribution in [0.5, 0.6) is 0 Å². The summed E-state index contributed by atoms with van der Waals surface area (Å²) >= 11 is 3.35. The Morgan fingerprint density at radius 3 is 2.60 bits per heavy atom. The van der Waals surface area contributed by atoms with Gasteiger partial charge in [-0.05, 0) is 18.6 Å². The summed E-state index contributed by atoms with van der Waals surface area (Å²) in [5, 5.41) is 5.75. The number of para-hydroxylation sites is 1. The Hall–Kier alpha value is -1.16. The molecule has 0 bridgehead atoms. The van der Waals surface area contributed by atoms with Crippen LogP contribution in [0.3, 0.4) is 0 Å². The maximum atomic E-state index is 11.8. The molecule has 4 heteroatoms. The molecule has 0 aromatic heterocycles. The van der Waals surface area contributed by atoms with Crippen LogP contribution in [0.25, 0.3) is 0 Å². The number of anilines is 1. The molecule has 0 N–H and O–H groups in total. The lowest BCUT2D eigenvalue weighted by molar-refractivity contribution is -0.116. The molecule has 78 valence electrons. The van der Waals surface area contributed by atoms with Crippen LogP contribution in [0.2, 0.25) is 0 Å². The van der Waals surface area contributed by atoms with Crippen LogP contribution in [0.1, 0.15) is 13.3 Å². The highest BCUT2D eigenvalue weighted by molar-refractivity contribution is 9.10. The first-order valence-corrected chi connectivity index (χ1v) is 5.76. The largest absolute Gasteiger partial charge is 0.271 e. The van der Waals surface area contributed by atoms with Crippen molar-refractivity contribution >= 4 is 33.2 Å². The molecule has 1 aliphatic heterocycles. The van der Waals surface area contributed by atoms with Crippen molar-refractivity contribution in [2.75, 3.05) is 5.01 Å². The Morgan fingerprint density at radius 2 is 2.07 bits per heavy atom. The summed E-state index contributed by atoms with van der Waals surface area (Å²) in [5.41, 5.74) is 1.69. The Kier molecular flexibility index (Phi) is 2.86. The van der Waals surface area contributed by atoms with Crippen LogP contribution in [0.15, 0.2) is 35.4 Å². The van der Waals surface area contributed by atoms with E-state index in [0.29, 0.717) is 0 Å². The Labute approximate surface area is 96.9 Å². The molecule has 1 aromatic carbocycles. The molecule has 1 aliphatic rings. The van der Waals surface area contributed by atoms with Crippen LogP contribution in [-0.4, -0.2) is 16.4 Å². The van der Waals surface area contributed by atoms with Crippen LogP contribution in [0, 0.1) is 0 Å². The molecular formula is C11H11BrN2O. The zero-order valence-electron chi connectivity index (χ0n) is 8.35. The molecule has 0 aliphatic carbocycles. The third-order valence-corrected chi connectivity index (χ3v) is 3.23. The number of hydrazone groups is 1. The third kappa shape index (κ3) is 1.81. The molecule has 0 unspecified atom stereocenters. The van der Waals surface area contributed by atoms with Gasteiger partial charge in [0.2, 0.25) is 0 Å². The van der Waals surface area contributed by atoms with Crippen molar-refractivity contribution in [3.05, 3.63) is 30.3 Å². The highest BCUT2D eigenvalue weighted by atomic mass is 79.9. The number of alkyl halides is 1. The first-order chi connectivity index (χ1) is 7.24. The summed E-state index contributed by atoms with van der Waals surface area (Å²) in [6.07, 6.45) is 0.783. The summed E-state index contributed by atoms with van der Waals surface area (Å²) < 4.78 is 0. The van der Waals surface area contributed by atoms with Gasteiger partial charge < -0.3 is 0 Å².